The molecule has 2 rings (SSSR count). The van der Waals surface area contributed by atoms with Crippen LogP contribution in [0.2, 0.25) is 5.02 Å². The van der Waals surface area contributed by atoms with Crippen LogP contribution in [-0.4, -0.2) is 22.4 Å². The monoisotopic (exact) mass is 345 g/mol. The standard InChI is InChI=1S/C18H20ClN3O2/c1-13(23)22(21-16-7-5-4-6-8-16)18(2,3)17(24)20-15-11-9-14(19)10-12-15/h4-12,21H,1-3H3,(H,20,24). The third kappa shape index (κ3) is 4.26. The fraction of sp³-hybridized carbons (Fsp3) is 0.222. The SMILES string of the molecule is CC(=O)N(Nc1ccccc1)C(C)(C)C(=O)Nc1ccc(Cl)cc1. The molecule has 0 aliphatic carbocycles. The van der Waals surface area contributed by atoms with Gasteiger partial charge in [-0.05, 0) is 50.2 Å². The molecule has 5 nitrogen and oxygen atoms in total. The number of hydrogen-bond donors (Lipinski definition) is 2. The van der Waals surface area contributed by atoms with Gasteiger partial charge in [-0.3, -0.25) is 15.0 Å². The van der Waals surface area contributed by atoms with E-state index in [0.717, 1.165) is 5.69 Å². The number of carbonyl (C=O) groups is 2. The van der Waals surface area contributed by atoms with Crippen molar-refractivity contribution >= 4 is 34.8 Å². The molecular weight excluding hydrogens is 326 g/mol. The highest BCUT2D eigenvalue weighted by atomic mass is 35.5. The van der Waals surface area contributed by atoms with Crippen LogP contribution in [0.5, 0.6) is 0 Å². The minimum atomic E-state index is -1.11. The van der Waals surface area contributed by atoms with Crippen molar-refractivity contribution in [3.63, 3.8) is 0 Å². The van der Waals surface area contributed by atoms with Gasteiger partial charge >= 0.3 is 0 Å². The minimum Gasteiger partial charge on any atom is -0.324 e. The van der Waals surface area contributed by atoms with Gasteiger partial charge in [-0.1, -0.05) is 29.8 Å². The van der Waals surface area contributed by atoms with Crippen LogP contribution in [0.25, 0.3) is 0 Å². The number of nitrogens with zero attached hydrogens (tertiary/aromatic N) is 1. The largest absolute Gasteiger partial charge is 0.324 e. The first-order valence-electron chi connectivity index (χ1n) is 7.50. The smallest absolute Gasteiger partial charge is 0.251 e. The first kappa shape index (κ1) is 17.8. The van der Waals surface area contributed by atoms with Gasteiger partial charge in [0.25, 0.3) is 5.91 Å². The Morgan fingerprint density at radius 2 is 1.54 bits per heavy atom. The van der Waals surface area contributed by atoms with E-state index in [1.807, 2.05) is 30.3 Å². The summed E-state index contributed by atoms with van der Waals surface area (Å²) in [6, 6.07) is 16.0. The van der Waals surface area contributed by atoms with Crippen LogP contribution in [0.15, 0.2) is 54.6 Å². The second-order valence-corrected chi connectivity index (χ2v) is 6.29. The molecular formula is C18H20ClN3O2. The van der Waals surface area contributed by atoms with Crippen molar-refractivity contribution in [1.82, 2.24) is 5.01 Å². The Labute approximate surface area is 146 Å². The van der Waals surface area contributed by atoms with Gasteiger partial charge in [0, 0.05) is 17.6 Å². The van der Waals surface area contributed by atoms with Gasteiger partial charge in [0.05, 0.1) is 5.69 Å². The minimum absolute atomic E-state index is 0.268. The fourth-order valence-corrected chi connectivity index (χ4v) is 2.30. The number of nitrogens with one attached hydrogen (secondary N) is 2. The Hall–Kier alpha value is -2.53. The van der Waals surface area contributed by atoms with E-state index in [9.17, 15) is 9.59 Å². The lowest BCUT2D eigenvalue weighted by Crippen LogP contribution is -2.57. The van der Waals surface area contributed by atoms with Crippen LogP contribution in [0.3, 0.4) is 0 Å². The Morgan fingerprint density at radius 1 is 0.958 bits per heavy atom. The number of para-hydroxylation sites is 1. The summed E-state index contributed by atoms with van der Waals surface area (Å²) in [6.45, 7) is 4.76. The van der Waals surface area contributed by atoms with E-state index < -0.39 is 5.54 Å². The molecule has 2 aromatic rings. The molecule has 2 aromatic carbocycles. The number of rotatable bonds is 5. The number of amides is 2. The molecule has 0 atom stereocenters. The van der Waals surface area contributed by atoms with Crippen molar-refractivity contribution < 1.29 is 9.59 Å². The highest BCUT2D eigenvalue weighted by Gasteiger charge is 2.37. The summed E-state index contributed by atoms with van der Waals surface area (Å²) in [5.41, 5.74) is 3.22. The summed E-state index contributed by atoms with van der Waals surface area (Å²) in [7, 11) is 0. The van der Waals surface area contributed by atoms with E-state index >= 15 is 0 Å². The summed E-state index contributed by atoms with van der Waals surface area (Å²) >= 11 is 5.84. The fourth-order valence-electron chi connectivity index (χ4n) is 2.17. The zero-order valence-corrected chi connectivity index (χ0v) is 14.6. The molecule has 2 amide bonds. The van der Waals surface area contributed by atoms with Gasteiger partial charge in [0.15, 0.2) is 0 Å². The van der Waals surface area contributed by atoms with E-state index in [-0.39, 0.29) is 11.8 Å². The van der Waals surface area contributed by atoms with Gasteiger partial charge in [0.2, 0.25) is 5.91 Å². The zero-order chi connectivity index (χ0) is 17.7. The quantitative estimate of drug-likeness (QED) is 0.807. The van der Waals surface area contributed by atoms with Gasteiger partial charge < -0.3 is 5.32 Å². The average Bonchev–Trinajstić information content (AvgIpc) is 2.55. The van der Waals surface area contributed by atoms with Gasteiger partial charge in [0.1, 0.15) is 5.54 Å². The van der Waals surface area contributed by atoms with Crippen LogP contribution < -0.4 is 10.7 Å². The second-order valence-electron chi connectivity index (χ2n) is 5.85. The molecule has 0 unspecified atom stereocenters. The number of halogens is 1. The third-order valence-corrected chi connectivity index (χ3v) is 3.80. The van der Waals surface area contributed by atoms with Crippen LogP contribution in [0.1, 0.15) is 20.8 Å². The topological polar surface area (TPSA) is 61.4 Å². The molecule has 6 heteroatoms. The maximum Gasteiger partial charge on any atom is 0.251 e. The van der Waals surface area contributed by atoms with Gasteiger partial charge in [-0.2, -0.15) is 0 Å². The van der Waals surface area contributed by atoms with Crippen molar-refractivity contribution in [3.8, 4) is 0 Å². The molecule has 24 heavy (non-hydrogen) atoms. The molecule has 0 spiro atoms. The van der Waals surface area contributed by atoms with E-state index in [4.69, 9.17) is 11.6 Å². The van der Waals surface area contributed by atoms with Crippen molar-refractivity contribution in [1.29, 1.82) is 0 Å². The number of benzene rings is 2. The molecule has 0 aliphatic heterocycles. The van der Waals surface area contributed by atoms with Crippen molar-refractivity contribution in [3.05, 3.63) is 59.6 Å². The molecule has 0 aromatic heterocycles. The summed E-state index contributed by atoms with van der Waals surface area (Å²) in [5, 5.41) is 4.70. The normalized spacial score (nSPS) is 10.8. The molecule has 0 heterocycles. The highest BCUT2D eigenvalue weighted by molar-refractivity contribution is 6.30. The predicted octanol–water partition coefficient (Wildman–Crippen LogP) is 3.93. The van der Waals surface area contributed by atoms with Gasteiger partial charge in [-0.25, -0.2) is 5.01 Å². The number of hydrogen-bond acceptors (Lipinski definition) is 3. The molecule has 0 saturated carbocycles. The van der Waals surface area contributed by atoms with Crippen LogP contribution in [0.4, 0.5) is 11.4 Å². The van der Waals surface area contributed by atoms with Crippen LogP contribution in [-0.2, 0) is 9.59 Å². The molecule has 2 N–H and O–H groups in total. The molecule has 0 aliphatic rings. The molecule has 0 radical (unpaired) electrons. The highest BCUT2D eigenvalue weighted by Crippen LogP contribution is 2.21. The molecule has 0 fully saturated rings. The van der Waals surface area contributed by atoms with Crippen molar-refractivity contribution in [2.75, 3.05) is 10.7 Å². The van der Waals surface area contributed by atoms with Crippen LogP contribution in [0, 0.1) is 0 Å². The number of hydrazine groups is 1. The van der Waals surface area contributed by atoms with Crippen molar-refractivity contribution in [2.24, 2.45) is 0 Å². The Bertz CT molecular complexity index is 715. The molecule has 0 saturated heterocycles. The second kappa shape index (κ2) is 7.36. The van der Waals surface area contributed by atoms with E-state index in [1.54, 1.807) is 38.1 Å². The summed E-state index contributed by atoms with van der Waals surface area (Å²) in [6.07, 6.45) is 0. The maximum absolute atomic E-state index is 12.7. The average molecular weight is 346 g/mol. The summed E-state index contributed by atoms with van der Waals surface area (Å²) in [4.78, 5) is 24.7. The van der Waals surface area contributed by atoms with Crippen molar-refractivity contribution in [2.45, 2.75) is 26.3 Å². The predicted molar refractivity (Wildman–Crippen MR) is 96.7 cm³/mol. The zero-order valence-electron chi connectivity index (χ0n) is 13.8. The van der Waals surface area contributed by atoms with E-state index in [0.29, 0.717) is 10.7 Å². The Balaban J connectivity index is 2.18. The number of anilines is 2. The summed E-state index contributed by atoms with van der Waals surface area (Å²) < 4.78 is 0. The Kier molecular flexibility index (Phi) is 5.46. The molecule has 0 bridgehead atoms. The molecule has 126 valence electrons. The van der Waals surface area contributed by atoms with E-state index in [2.05, 4.69) is 10.7 Å². The van der Waals surface area contributed by atoms with Gasteiger partial charge in [-0.15, -0.1) is 0 Å². The Morgan fingerprint density at radius 3 is 2.08 bits per heavy atom. The van der Waals surface area contributed by atoms with Crippen LogP contribution >= 0.6 is 11.6 Å². The first-order chi connectivity index (χ1) is 11.3. The lowest BCUT2D eigenvalue weighted by molar-refractivity contribution is -0.140. The van der Waals surface area contributed by atoms with E-state index in [1.165, 1.54) is 11.9 Å². The third-order valence-electron chi connectivity index (χ3n) is 3.55. The first-order valence-corrected chi connectivity index (χ1v) is 7.88. The lowest BCUT2D eigenvalue weighted by Gasteiger charge is -2.37. The maximum atomic E-state index is 12.7. The summed E-state index contributed by atoms with van der Waals surface area (Å²) in [5.74, 6) is -0.585. The number of carbonyl (C=O) groups excluding carboxylic acids is 2. The lowest BCUT2D eigenvalue weighted by atomic mass is 10.0.